The van der Waals surface area contributed by atoms with Crippen molar-refractivity contribution < 1.29 is 14.3 Å². The van der Waals surface area contributed by atoms with Gasteiger partial charge in [0.25, 0.3) is 0 Å². The number of esters is 1. The summed E-state index contributed by atoms with van der Waals surface area (Å²) in [5, 5.41) is 0. The van der Waals surface area contributed by atoms with E-state index in [9.17, 15) is 4.79 Å². The molecule has 2 heterocycles. The summed E-state index contributed by atoms with van der Waals surface area (Å²) >= 11 is 0. The van der Waals surface area contributed by atoms with Crippen LogP contribution in [0.3, 0.4) is 0 Å². The minimum absolute atomic E-state index is 0.326. The molecule has 110 valence electrons. The number of carbonyl (C=O) groups excluding carboxylic acids is 1. The number of hydrogen-bond acceptors (Lipinski definition) is 4. The van der Waals surface area contributed by atoms with Gasteiger partial charge in [0.05, 0.1) is 19.3 Å². The fourth-order valence-corrected chi connectivity index (χ4v) is 2.60. The Morgan fingerprint density at radius 1 is 1.43 bits per heavy atom. The van der Waals surface area contributed by atoms with Crippen LogP contribution in [0.1, 0.15) is 16.8 Å². The lowest BCUT2D eigenvalue weighted by Gasteiger charge is -2.12. The highest BCUT2D eigenvalue weighted by molar-refractivity contribution is 5.89. The highest BCUT2D eigenvalue weighted by atomic mass is 16.5. The predicted octanol–water partition coefficient (Wildman–Crippen LogP) is 2.37. The molecule has 1 atom stereocenters. The maximum Gasteiger partial charge on any atom is 0.337 e. The van der Waals surface area contributed by atoms with Gasteiger partial charge in [0.1, 0.15) is 5.82 Å². The number of hydrogen-bond donors (Lipinski definition) is 0. The smallest absolute Gasteiger partial charge is 0.337 e. The molecular formula is C16H18N2O3. The lowest BCUT2D eigenvalue weighted by Crippen LogP contribution is -2.11. The van der Waals surface area contributed by atoms with Crippen LogP contribution in [0.4, 0.5) is 0 Å². The molecule has 0 aliphatic carbocycles. The van der Waals surface area contributed by atoms with E-state index >= 15 is 0 Å². The summed E-state index contributed by atoms with van der Waals surface area (Å²) in [6, 6.07) is 7.32. The van der Waals surface area contributed by atoms with E-state index in [-0.39, 0.29) is 5.97 Å². The summed E-state index contributed by atoms with van der Waals surface area (Å²) in [6.45, 7) is 2.58. The first-order valence-corrected chi connectivity index (χ1v) is 7.05. The first kappa shape index (κ1) is 13.8. The molecule has 21 heavy (non-hydrogen) atoms. The fourth-order valence-electron chi connectivity index (χ4n) is 2.60. The molecule has 0 unspecified atom stereocenters. The molecule has 0 amide bonds. The Labute approximate surface area is 123 Å². The molecule has 1 aliphatic heterocycles. The van der Waals surface area contributed by atoms with Gasteiger partial charge in [-0.2, -0.15) is 0 Å². The molecule has 1 aromatic carbocycles. The third-order valence-corrected chi connectivity index (χ3v) is 3.76. The third-order valence-electron chi connectivity index (χ3n) is 3.76. The van der Waals surface area contributed by atoms with Crippen LogP contribution in [0.15, 0.2) is 36.7 Å². The number of carbonyl (C=O) groups is 1. The second kappa shape index (κ2) is 6.10. The Morgan fingerprint density at radius 3 is 2.90 bits per heavy atom. The summed E-state index contributed by atoms with van der Waals surface area (Å²) in [6.07, 6.45) is 4.89. The Kier molecular flexibility index (Phi) is 4.01. The Hall–Kier alpha value is -2.14. The number of ether oxygens (including phenoxy) is 2. The van der Waals surface area contributed by atoms with Gasteiger partial charge in [-0.3, -0.25) is 0 Å². The maximum atomic E-state index is 11.5. The molecular weight excluding hydrogens is 268 g/mol. The molecule has 0 radical (unpaired) electrons. The summed E-state index contributed by atoms with van der Waals surface area (Å²) in [7, 11) is 1.38. The molecule has 1 aromatic heterocycles. The van der Waals surface area contributed by atoms with Gasteiger partial charge in [0.15, 0.2) is 0 Å². The van der Waals surface area contributed by atoms with E-state index in [1.54, 1.807) is 18.3 Å². The van der Waals surface area contributed by atoms with E-state index in [1.165, 1.54) is 7.11 Å². The van der Waals surface area contributed by atoms with Crippen molar-refractivity contribution in [2.75, 3.05) is 20.3 Å². The monoisotopic (exact) mass is 286 g/mol. The van der Waals surface area contributed by atoms with Gasteiger partial charge in [-0.15, -0.1) is 0 Å². The standard InChI is InChI=1S/C16H18N2O3/c1-20-16(19)14-4-2-13(3-5-14)15-17-7-8-18(15)10-12-6-9-21-11-12/h2-5,7-8,12H,6,9-11H2,1H3/t12-/m1/s1. The van der Waals surface area contributed by atoms with Gasteiger partial charge in [-0.05, 0) is 18.6 Å². The Bertz CT molecular complexity index is 613. The zero-order valence-electron chi connectivity index (χ0n) is 12.0. The highest BCUT2D eigenvalue weighted by Crippen LogP contribution is 2.22. The van der Waals surface area contributed by atoms with Crippen molar-refractivity contribution in [3.63, 3.8) is 0 Å². The van der Waals surface area contributed by atoms with Crippen LogP contribution >= 0.6 is 0 Å². The SMILES string of the molecule is COC(=O)c1ccc(-c2nccn2C[C@H]2CCOC2)cc1. The van der Waals surface area contributed by atoms with E-state index in [0.29, 0.717) is 11.5 Å². The topological polar surface area (TPSA) is 53.3 Å². The zero-order valence-corrected chi connectivity index (χ0v) is 12.0. The van der Waals surface area contributed by atoms with Crippen molar-refractivity contribution in [2.24, 2.45) is 5.92 Å². The minimum Gasteiger partial charge on any atom is -0.465 e. The molecule has 1 saturated heterocycles. The van der Waals surface area contributed by atoms with Crippen molar-refractivity contribution in [1.29, 1.82) is 0 Å². The van der Waals surface area contributed by atoms with Crippen LogP contribution in [0.25, 0.3) is 11.4 Å². The number of imidazole rings is 1. The summed E-state index contributed by atoms with van der Waals surface area (Å²) in [5.74, 6) is 1.14. The van der Waals surface area contributed by atoms with E-state index in [4.69, 9.17) is 9.47 Å². The summed E-state index contributed by atoms with van der Waals surface area (Å²) in [4.78, 5) is 15.9. The quantitative estimate of drug-likeness (QED) is 0.810. The zero-order chi connectivity index (χ0) is 14.7. The first-order valence-electron chi connectivity index (χ1n) is 7.05. The fraction of sp³-hybridized carbons (Fsp3) is 0.375. The normalized spacial score (nSPS) is 17.9. The second-order valence-electron chi connectivity index (χ2n) is 5.20. The van der Waals surface area contributed by atoms with Gasteiger partial charge in [0, 0.05) is 37.0 Å². The minimum atomic E-state index is -0.326. The first-order chi connectivity index (χ1) is 10.3. The second-order valence-corrected chi connectivity index (χ2v) is 5.20. The molecule has 0 spiro atoms. The van der Waals surface area contributed by atoms with Crippen LogP contribution < -0.4 is 0 Å². The Morgan fingerprint density at radius 2 is 2.24 bits per heavy atom. The molecule has 0 bridgehead atoms. The molecule has 0 N–H and O–H groups in total. The molecule has 1 aliphatic rings. The van der Waals surface area contributed by atoms with Crippen LogP contribution in [0.5, 0.6) is 0 Å². The van der Waals surface area contributed by atoms with Crippen LogP contribution in [-0.2, 0) is 16.0 Å². The number of rotatable bonds is 4. The van der Waals surface area contributed by atoms with Crippen molar-refractivity contribution in [1.82, 2.24) is 9.55 Å². The third kappa shape index (κ3) is 2.97. The molecule has 0 saturated carbocycles. The van der Waals surface area contributed by atoms with Gasteiger partial charge in [-0.1, -0.05) is 12.1 Å². The average molecular weight is 286 g/mol. The van der Waals surface area contributed by atoms with Crippen molar-refractivity contribution in [3.05, 3.63) is 42.2 Å². The lowest BCUT2D eigenvalue weighted by atomic mass is 10.1. The van der Waals surface area contributed by atoms with Crippen molar-refractivity contribution in [3.8, 4) is 11.4 Å². The molecule has 3 rings (SSSR count). The highest BCUT2D eigenvalue weighted by Gasteiger charge is 2.18. The van der Waals surface area contributed by atoms with E-state index in [0.717, 1.165) is 37.6 Å². The van der Waals surface area contributed by atoms with Gasteiger partial charge < -0.3 is 14.0 Å². The van der Waals surface area contributed by atoms with Gasteiger partial charge in [-0.25, -0.2) is 9.78 Å². The van der Waals surface area contributed by atoms with E-state index in [2.05, 4.69) is 9.55 Å². The number of aromatic nitrogens is 2. The van der Waals surface area contributed by atoms with Crippen LogP contribution in [-0.4, -0.2) is 35.8 Å². The average Bonchev–Trinajstić information content (AvgIpc) is 3.19. The van der Waals surface area contributed by atoms with Crippen LogP contribution in [0, 0.1) is 5.92 Å². The molecule has 1 fully saturated rings. The number of methoxy groups -OCH3 is 1. The maximum absolute atomic E-state index is 11.5. The molecule has 5 heteroatoms. The molecule has 2 aromatic rings. The van der Waals surface area contributed by atoms with Gasteiger partial charge >= 0.3 is 5.97 Å². The largest absolute Gasteiger partial charge is 0.465 e. The van der Waals surface area contributed by atoms with Crippen molar-refractivity contribution >= 4 is 5.97 Å². The van der Waals surface area contributed by atoms with E-state index < -0.39 is 0 Å². The lowest BCUT2D eigenvalue weighted by molar-refractivity contribution is 0.0601. The summed E-state index contributed by atoms with van der Waals surface area (Å²) in [5.41, 5.74) is 1.54. The van der Waals surface area contributed by atoms with Crippen molar-refractivity contribution in [2.45, 2.75) is 13.0 Å². The summed E-state index contributed by atoms with van der Waals surface area (Å²) < 4.78 is 12.3. The van der Waals surface area contributed by atoms with E-state index in [1.807, 2.05) is 18.3 Å². The molecule has 5 nitrogen and oxygen atoms in total. The predicted molar refractivity (Wildman–Crippen MR) is 77.9 cm³/mol. The number of nitrogens with zero attached hydrogens (tertiary/aromatic N) is 2. The van der Waals surface area contributed by atoms with Gasteiger partial charge in [0.2, 0.25) is 0 Å². The Balaban J connectivity index is 1.80. The number of benzene rings is 1. The van der Waals surface area contributed by atoms with Crippen LogP contribution in [0.2, 0.25) is 0 Å².